The number of halogens is 1. The van der Waals surface area contributed by atoms with E-state index in [4.69, 9.17) is 0 Å². The molecule has 0 amide bonds. The number of aryl methyl sites for hydroxylation is 1. The van der Waals surface area contributed by atoms with Gasteiger partial charge in [-0.05, 0) is 103 Å². The molecule has 3 nitrogen and oxygen atoms in total. The molecule has 2 aliphatic carbocycles. The summed E-state index contributed by atoms with van der Waals surface area (Å²) in [6.45, 7) is 3.96. The fraction of sp³-hybridized carbons (Fsp3) is 0.520. The molecule has 3 N–H and O–H groups in total. The Morgan fingerprint density at radius 1 is 1.03 bits per heavy atom. The maximum absolute atomic E-state index is 13.7. The third-order valence-electron chi connectivity index (χ3n) is 7.06. The van der Waals surface area contributed by atoms with E-state index in [1.807, 2.05) is 12.1 Å². The van der Waals surface area contributed by atoms with E-state index in [2.05, 4.69) is 13.0 Å². The molecule has 0 radical (unpaired) electrons. The molecule has 0 aromatic heterocycles. The van der Waals surface area contributed by atoms with Gasteiger partial charge >= 0.3 is 0 Å². The number of benzene rings is 2. The van der Waals surface area contributed by atoms with E-state index >= 15 is 0 Å². The van der Waals surface area contributed by atoms with Crippen LogP contribution in [0.15, 0.2) is 24.3 Å². The largest absolute Gasteiger partial charge is 0.396 e. The summed E-state index contributed by atoms with van der Waals surface area (Å²) >= 11 is 0. The van der Waals surface area contributed by atoms with Crippen LogP contribution >= 0.6 is 0 Å². The number of aliphatic hydroxyl groups is 3. The van der Waals surface area contributed by atoms with Gasteiger partial charge in [0.05, 0.1) is 12.2 Å². The van der Waals surface area contributed by atoms with Crippen LogP contribution in [0.1, 0.15) is 64.1 Å². The van der Waals surface area contributed by atoms with Crippen molar-refractivity contribution in [3.63, 3.8) is 0 Å². The van der Waals surface area contributed by atoms with Crippen molar-refractivity contribution < 1.29 is 19.7 Å². The van der Waals surface area contributed by atoms with Gasteiger partial charge in [0, 0.05) is 12.5 Å². The molecule has 156 valence electrons. The molecule has 0 spiro atoms. The molecule has 2 aromatic rings. The van der Waals surface area contributed by atoms with Crippen molar-refractivity contribution >= 4 is 0 Å². The minimum Gasteiger partial charge on any atom is -0.396 e. The van der Waals surface area contributed by atoms with E-state index in [1.54, 1.807) is 6.92 Å². The fourth-order valence-electron chi connectivity index (χ4n) is 5.45. The SMILES string of the molecule is Cc1cc(Cc2cc(C3CC(CO)CC(O)C3O)c(C)c3c2CCC3)ccc1F. The van der Waals surface area contributed by atoms with E-state index in [-0.39, 0.29) is 24.3 Å². The van der Waals surface area contributed by atoms with Crippen molar-refractivity contribution in [2.75, 3.05) is 6.61 Å². The predicted octanol–water partition coefficient (Wildman–Crippen LogP) is 3.73. The topological polar surface area (TPSA) is 60.7 Å². The van der Waals surface area contributed by atoms with Crippen LogP contribution in [-0.4, -0.2) is 34.1 Å². The third-order valence-corrected chi connectivity index (χ3v) is 7.06. The van der Waals surface area contributed by atoms with Gasteiger partial charge in [-0.15, -0.1) is 0 Å². The summed E-state index contributed by atoms with van der Waals surface area (Å²) in [5.41, 5.74) is 8.10. The summed E-state index contributed by atoms with van der Waals surface area (Å²) < 4.78 is 13.7. The van der Waals surface area contributed by atoms with E-state index in [0.29, 0.717) is 18.4 Å². The van der Waals surface area contributed by atoms with E-state index in [1.165, 1.54) is 28.3 Å². The van der Waals surface area contributed by atoms with E-state index in [9.17, 15) is 19.7 Å². The quantitative estimate of drug-likeness (QED) is 0.735. The maximum atomic E-state index is 13.7. The Balaban J connectivity index is 1.75. The molecule has 0 heterocycles. The van der Waals surface area contributed by atoms with Gasteiger partial charge in [0.25, 0.3) is 0 Å². The summed E-state index contributed by atoms with van der Waals surface area (Å²) in [5, 5.41) is 30.8. The summed E-state index contributed by atoms with van der Waals surface area (Å²) in [5.74, 6) is -0.345. The van der Waals surface area contributed by atoms with E-state index in [0.717, 1.165) is 36.8 Å². The Hall–Kier alpha value is -1.75. The lowest BCUT2D eigenvalue weighted by Crippen LogP contribution is -2.41. The zero-order chi connectivity index (χ0) is 20.7. The molecule has 29 heavy (non-hydrogen) atoms. The van der Waals surface area contributed by atoms with Gasteiger partial charge in [0.1, 0.15) is 5.82 Å². The molecule has 4 rings (SSSR count). The molecule has 4 unspecified atom stereocenters. The number of hydrogen-bond acceptors (Lipinski definition) is 3. The van der Waals surface area contributed by atoms with Crippen molar-refractivity contribution in [1.29, 1.82) is 0 Å². The smallest absolute Gasteiger partial charge is 0.126 e. The van der Waals surface area contributed by atoms with Crippen molar-refractivity contribution in [2.24, 2.45) is 5.92 Å². The molecule has 4 heteroatoms. The second-order valence-corrected chi connectivity index (χ2v) is 9.01. The van der Waals surface area contributed by atoms with Crippen molar-refractivity contribution in [3.8, 4) is 0 Å². The first-order valence-electron chi connectivity index (χ1n) is 10.7. The number of hydrogen-bond donors (Lipinski definition) is 3. The van der Waals surface area contributed by atoms with E-state index < -0.39 is 12.2 Å². The van der Waals surface area contributed by atoms with Crippen LogP contribution in [-0.2, 0) is 19.3 Å². The summed E-state index contributed by atoms with van der Waals surface area (Å²) in [4.78, 5) is 0. The lowest BCUT2D eigenvalue weighted by molar-refractivity contribution is -0.0473. The van der Waals surface area contributed by atoms with Crippen LogP contribution in [0.4, 0.5) is 4.39 Å². The minimum atomic E-state index is -0.808. The van der Waals surface area contributed by atoms with Crippen LogP contribution < -0.4 is 0 Å². The maximum Gasteiger partial charge on any atom is 0.126 e. The van der Waals surface area contributed by atoms with Gasteiger partial charge in [-0.3, -0.25) is 0 Å². The molecular weight excluding hydrogens is 367 g/mol. The first-order valence-corrected chi connectivity index (χ1v) is 10.7. The molecular formula is C25H31FO3. The lowest BCUT2D eigenvalue weighted by Gasteiger charge is -2.37. The van der Waals surface area contributed by atoms with Crippen molar-refractivity contribution in [1.82, 2.24) is 0 Å². The normalized spacial score (nSPS) is 26.6. The van der Waals surface area contributed by atoms with Gasteiger partial charge in [-0.25, -0.2) is 4.39 Å². The number of rotatable bonds is 4. The highest BCUT2D eigenvalue weighted by Gasteiger charge is 2.38. The number of fused-ring (bicyclic) bond motifs is 1. The summed E-state index contributed by atoms with van der Waals surface area (Å²) in [7, 11) is 0. The Labute approximate surface area is 172 Å². The van der Waals surface area contributed by atoms with Gasteiger partial charge in [0.15, 0.2) is 0 Å². The first-order chi connectivity index (χ1) is 13.9. The van der Waals surface area contributed by atoms with Crippen LogP contribution in [0.3, 0.4) is 0 Å². The second kappa shape index (κ2) is 8.17. The Bertz CT molecular complexity index is 907. The first kappa shape index (κ1) is 20.5. The Kier molecular flexibility index (Phi) is 5.78. The monoisotopic (exact) mass is 398 g/mol. The van der Waals surface area contributed by atoms with Gasteiger partial charge in [0.2, 0.25) is 0 Å². The second-order valence-electron chi connectivity index (χ2n) is 9.01. The van der Waals surface area contributed by atoms with Crippen LogP contribution in [0.25, 0.3) is 0 Å². The zero-order valence-corrected chi connectivity index (χ0v) is 17.3. The highest BCUT2D eigenvalue weighted by atomic mass is 19.1. The van der Waals surface area contributed by atoms with Crippen LogP contribution in [0.5, 0.6) is 0 Å². The van der Waals surface area contributed by atoms with Crippen LogP contribution in [0.2, 0.25) is 0 Å². The minimum absolute atomic E-state index is 0.00857. The standard InChI is InChI=1S/C25H31FO3/c1-14-8-16(6-7-23(14)26)9-18-12-21(15(2)19-4-3-5-20(18)19)22-10-17(13-27)11-24(28)25(22)29/h6-8,12,17,22,24-25,27-29H,3-5,9-11,13H2,1-2H3. The molecule has 0 saturated heterocycles. The zero-order valence-electron chi connectivity index (χ0n) is 17.3. The Morgan fingerprint density at radius 2 is 1.79 bits per heavy atom. The molecule has 0 bridgehead atoms. The molecule has 4 atom stereocenters. The number of aliphatic hydroxyl groups excluding tert-OH is 3. The lowest BCUT2D eigenvalue weighted by atomic mass is 9.72. The predicted molar refractivity (Wildman–Crippen MR) is 112 cm³/mol. The van der Waals surface area contributed by atoms with Crippen molar-refractivity contribution in [3.05, 3.63) is 69.0 Å². The molecule has 2 aromatic carbocycles. The van der Waals surface area contributed by atoms with Gasteiger partial charge in [-0.2, -0.15) is 0 Å². The third kappa shape index (κ3) is 3.86. The average Bonchev–Trinajstić information content (AvgIpc) is 3.20. The highest BCUT2D eigenvalue weighted by Crippen LogP contribution is 2.42. The average molecular weight is 399 g/mol. The highest BCUT2D eigenvalue weighted by molar-refractivity contribution is 5.51. The molecule has 2 aliphatic rings. The Morgan fingerprint density at radius 3 is 2.52 bits per heavy atom. The molecule has 1 saturated carbocycles. The van der Waals surface area contributed by atoms with Gasteiger partial charge in [-0.1, -0.05) is 18.2 Å². The van der Waals surface area contributed by atoms with Gasteiger partial charge < -0.3 is 15.3 Å². The van der Waals surface area contributed by atoms with Crippen molar-refractivity contribution in [2.45, 2.75) is 70.5 Å². The molecule has 0 aliphatic heterocycles. The summed E-state index contributed by atoms with van der Waals surface area (Å²) in [6.07, 6.45) is 3.48. The van der Waals surface area contributed by atoms with Crippen LogP contribution in [0, 0.1) is 25.6 Å². The fourth-order valence-corrected chi connectivity index (χ4v) is 5.45. The molecule has 1 fully saturated rings. The summed E-state index contributed by atoms with van der Waals surface area (Å²) in [6, 6.07) is 7.51.